The van der Waals surface area contributed by atoms with Gasteiger partial charge >= 0.3 is 5.97 Å². The number of aromatic nitrogens is 1. The molecule has 4 saturated carbocycles. The molecule has 1 unspecified atom stereocenters. The third kappa shape index (κ3) is 4.02. The van der Waals surface area contributed by atoms with E-state index >= 15 is 0 Å². The van der Waals surface area contributed by atoms with E-state index < -0.39 is 0 Å². The summed E-state index contributed by atoms with van der Waals surface area (Å²) in [5.74, 6) is 5.70. The fourth-order valence-corrected chi connectivity index (χ4v) is 10.1. The highest BCUT2D eigenvalue weighted by molar-refractivity contribution is 5.72. The van der Waals surface area contributed by atoms with Gasteiger partial charge in [-0.25, -0.2) is 4.98 Å². The van der Waals surface area contributed by atoms with Crippen LogP contribution in [0.25, 0.3) is 11.1 Å². The standard InChI is InChI=1S/C32H45NO3/c1-20(9-14-30-33-28-7-5-6-8-29(28)36-30)25-12-13-26-24-11-10-22-19-23(35-21(2)34)15-17-31(22,3)27(24)16-18-32(25,26)4/h5-8,20,22-27H,9-19H2,1-4H3/t20-,22?,23-,24+,25-,26+,27+,31+,32-/m1/s1. The van der Waals surface area contributed by atoms with Crippen LogP contribution in [0.5, 0.6) is 0 Å². The molecule has 0 saturated heterocycles. The maximum absolute atomic E-state index is 11.6. The minimum Gasteiger partial charge on any atom is -0.463 e. The minimum absolute atomic E-state index is 0.104. The Bertz CT molecular complexity index is 1070. The highest BCUT2D eigenvalue weighted by Gasteiger charge is 2.60. The van der Waals surface area contributed by atoms with Gasteiger partial charge in [0.15, 0.2) is 11.5 Å². The van der Waals surface area contributed by atoms with Gasteiger partial charge in [-0.2, -0.15) is 0 Å². The smallest absolute Gasteiger partial charge is 0.302 e. The first-order valence-electron chi connectivity index (χ1n) is 14.8. The number of carbonyl (C=O) groups is 1. The third-order valence-corrected chi connectivity index (χ3v) is 11.9. The van der Waals surface area contributed by atoms with Crippen LogP contribution in [0.4, 0.5) is 0 Å². The Hall–Kier alpha value is -1.84. The van der Waals surface area contributed by atoms with Crippen LogP contribution < -0.4 is 0 Å². The summed E-state index contributed by atoms with van der Waals surface area (Å²) < 4.78 is 11.7. The lowest BCUT2D eigenvalue weighted by Crippen LogP contribution is -2.54. The second kappa shape index (κ2) is 9.17. The topological polar surface area (TPSA) is 52.3 Å². The fraction of sp³-hybridized carbons (Fsp3) is 0.750. The Morgan fingerprint density at radius 2 is 1.83 bits per heavy atom. The average Bonchev–Trinajstić information content (AvgIpc) is 3.43. The molecule has 0 N–H and O–H groups in total. The largest absolute Gasteiger partial charge is 0.463 e. The van der Waals surface area contributed by atoms with Crippen LogP contribution in [0.1, 0.15) is 97.8 Å². The van der Waals surface area contributed by atoms with E-state index in [2.05, 4.69) is 20.8 Å². The van der Waals surface area contributed by atoms with Crippen LogP contribution >= 0.6 is 0 Å². The summed E-state index contributed by atoms with van der Waals surface area (Å²) in [6.45, 7) is 9.34. The summed E-state index contributed by atoms with van der Waals surface area (Å²) in [5, 5.41) is 0. The summed E-state index contributed by atoms with van der Waals surface area (Å²) >= 11 is 0. The lowest BCUT2D eigenvalue weighted by molar-refractivity contribution is -0.160. The SMILES string of the molecule is CC(=O)O[C@@H]1CC[C@@]2(C)C(CC[C@H]3[C@@H]4CC[C@H]([C@H](C)CCc5nc6ccccc6o5)[C@@]4(C)CC[C@@H]32)C1. The number of hydrogen-bond donors (Lipinski definition) is 0. The second-order valence-corrected chi connectivity index (χ2v) is 13.5. The molecular weight excluding hydrogens is 446 g/mol. The second-order valence-electron chi connectivity index (χ2n) is 13.5. The van der Waals surface area contributed by atoms with E-state index in [1.165, 1.54) is 51.4 Å². The molecular formula is C32H45NO3. The van der Waals surface area contributed by atoms with Crippen LogP contribution in [0.2, 0.25) is 0 Å². The molecule has 6 rings (SSSR count). The van der Waals surface area contributed by atoms with Crippen LogP contribution in [-0.2, 0) is 16.0 Å². The maximum Gasteiger partial charge on any atom is 0.302 e. The molecule has 36 heavy (non-hydrogen) atoms. The number of oxazole rings is 1. The summed E-state index contributed by atoms with van der Waals surface area (Å²) in [6.07, 6.45) is 14.0. The number of benzene rings is 1. The van der Waals surface area contributed by atoms with Crippen molar-refractivity contribution in [3.63, 3.8) is 0 Å². The molecule has 1 aromatic heterocycles. The molecule has 0 amide bonds. The van der Waals surface area contributed by atoms with Gasteiger partial charge in [-0.3, -0.25) is 4.79 Å². The van der Waals surface area contributed by atoms with E-state index in [0.29, 0.717) is 16.7 Å². The molecule has 9 atom stereocenters. The van der Waals surface area contributed by atoms with E-state index in [9.17, 15) is 4.79 Å². The maximum atomic E-state index is 11.6. The van der Waals surface area contributed by atoms with Crippen LogP contribution in [0, 0.1) is 46.3 Å². The van der Waals surface area contributed by atoms with Crippen molar-refractivity contribution >= 4 is 17.1 Å². The molecule has 1 aromatic carbocycles. The lowest BCUT2D eigenvalue weighted by atomic mass is 9.44. The average molecular weight is 492 g/mol. The van der Waals surface area contributed by atoms with Gasteiger partial charge in [0.1, 0.15) is 11.6 Å². The van der Waals surface area contributed by atoms with E-state index in [1.807, 2.05) is 24.3 Å². The minimum atomic E-state index is -0.104. The quantitative estimate of drug-likeness (QED) is 0.398. The predicted octanol–water partition coefficient (Wildman–Crippen LogP) is 7.99. The van der Waals surface area contributed by atoms with Crippen molar-refractivity contribution < 1.29 is 13.9 Å². The van der Waals surface area contributed by atoms with E-state index in [1.54, 1.807) is 6.92 Å². The number of nitrogens with zero attached hydrogens (tertiary/aromatic N) is 1. The molecule has 1 heterocycles. The summed E-state index contributed by atoms with van der Waals surface area (Å²) in [4.78, 5) is 16.3. The highest BCUT2D eigenvalue weighted by atomic mass is 16.5. The van der Waals surface area contributed by atoms with Gasteiger partial charge in [0.25, 0.3) is 0 Å². The van der Waals surface area contributed by atoms with Gasteiger partial charge in [-0.05, 0) is 123 Å². The number of carbonyl (C=O) groups excluding carboxylic acids is 1. The third-order valence-electron chi connectivity index (χ3n) is 11.9. The van der Waals surface area contributed by atoms with Gasteiger partial charge in [0, 0.05) is 13.3 Å². The number of esters is 1. The predicted molar refractivity (Wildman–Crippen MR) is 142 cm³/mol. The summed E-state index contributed by atoms with van der Waals surface area (Å²) in [7, 11) is 0. The number of aryl methyl sites for hydroxylation is 1. The molecule has 0 spiro atoms. The van der Waals surface area contributed by atoms with Crippen molar-refractivity contribution in [2.75, 3.05) is 0 Å². The van der Waals surface area contributed by atoms with E-state index in [0.717, 1.165) is 65.8 Å². The molecule has 0 bridgehead atoms. The van der Waals surface area contributed by atoms with Crippen molar-refractivity contribution in [2.24, 2.45) is 46.3 Å². The Kier molecular flexibility index (Phi) is 6.24. The molecule has 2 aromatic rings. The molecule has 0 radical (unpaired) electrons. The number of hydrogen-bond acceptors (Lipinski definition) is 4. The summed E-state index contributed by atoms with van der Waals surface area (Å²) in [5.41, 5.74) is 2.83. The van der Waals surface area contributed by atoms with Gasteiger partial charge in [-0.15, -0.1) is 0 Å². The van der Waals surface area contributed by atoms with Crippen molar-refractivity contribution in [1.82, 2.24) is 4.98 Å². The van der Waals surface area contributed by atoms with Crippen LogP contribution in [0.15, 0.2) is 28.7 Å². The molecule has 4 nitrogen and oxygen atoms in total. The number of para-hydroxylation sites is 2. The van der Waals surface area contributed by atoms with E-state index in [4.69, 9.17) is 14.1 Å². The zero-order valence-corrected chi connectivity index (χ0v) is 22.8. The first kappa shape index (κ1) is 24.5. The lowest BCUT2D eigenvalue weighted by Gasteiger charge is -2.61. The van der Waals surface area contributed by atoms with Crippen molar-refractivity contribution in [1.29, 1.82) is 0 Å². The van der Waals surface area contributed by atoms with Gasteiger partial charge in [-0.1, -0.05) is 32.9 Å². The number of ether oxygens (including phenoxy) is 1. The highest BCUT2D eigenvalue weighted by Crippen LogP contribution is 2.68. The van der Waals surface area contributed by atoms with Crippen molar-refractivity contribution in [3.05, 3.63) is 30.2 Å². The number of fused-ring (bicyclic) bond motifs is 6. The monoisotopic (exact) mass is 491 g/mol. The van der Waals surface area contributed by atoms with Gasteiger partial charge in [0.05, 0.1) is 0 Å². The Labute approximate surface area is 217 Å². The Balaban J connectivity index is 1.12. The van der Waals surface area contributed by atoms with Crippen molar-refractivity contribution in [2.45, 2.75) is 104 Å². The van der Waals surface area contributed by atoms with Gasteiger partial charge in [0.2, 0.25) is 0 Å². The molecule has 4 heteroatoms. The van der Waals surface area contributed by atoms with Crippen molar-refractivity contribution in [3.8, 4) is 0 Å². The molecule has 0 aliphatic heterocycles. The van der Waals surface area contributed by atoms with Gasteiger partial charge < -0.3 is 9.15 Å². The Morgan fingerprint density at radius 1 is 1.06 bits per heavy atom. The molecule has 4 fully saturated rings. The van der Waals surface area contributed by atoms with Crippen LogP contribution in [0.3, 0.4) is 0 Å². The summed E-state index contributed by atoms with van der Waals surface area (Å²) in [6, 6.07) is 8.13. The molecule has 196 valence electrons. The first-order valence-corrected chi connectivity index (χ1v) is 14.8. The molecule has 4 aliphatic carbocycles. The zero-order valence-electron chi connectivity index (χ0n) is 22.8. The van der Waals surface area contributed by atoms with E-state index in [-0.39, 0.29) is 12.1 Å². The Morgan fingerprint density at radius 3 is 2.64 bits per heavy atom. The number of rotatable bonds is 5. The first-order chi connectivity index (χ1) is 17.3. The fourth-order valence-electron chi connectivity index (χ4n) is 10.1. The normalized spacial score (nSPS) is 40.8. The zero-order chi connectivity index (χ0) is 25.1. The van der Waals surface area contributed by atoms with Crippen LogP contribution in [-0.4, -0.2) is 17.1 Å². The molecule has 4 aliphatic rings.